The van der Waals surface area contributed by atoms with Crippen LogP contribution in [0.3, 0.4) is 0 Å². The van der Waals surface area contributed by atoms with Crippen LogP contribution in [-0.4, -0.2) is 225 Å². The van der Waals surface area contributed by atoms with Gasteiger partial charge in [0.25, 0.3) is 19.4 Å². The van der Waals surface area contributed by atoms with Gasteiger partial charge in [0, 0.05) is 109 Å². The lowest BCUT2D eigenvalue weighted by Gasteiger charge is -2.28. The molecule has 0 amide bonds. The topological polar surface area (TPSA) is 643 Å². The van der Waals surface area contributed by atoms with Crippen molar-refractivity contribution in [2.24, 2.45) is 21.1 Å². The lowest BCUT2D eigenvalue weighted by Crippen LogP contribution is -2.47. The molecule has 3 aliphatic rings. The number of fused-ring (bicyclic) bond motifs is 4. The monoisotopic (exact) mass is 1940 g/mol. The predicted molar refractivity (Wildman–Crippen MR) is 488 cm³/mol. The van der Waals surface area contributed by atoms with Crippen LogP contribution < -0.4 is 38.8 Å². The van der Waals surface area contributed by atoms with Crippen molar-refractivity contribution in [3.8, 4) is 0 Å². The minimum Gasteiger partial charge on any atom is -0.468 e. The Hall–Kier alpha value is -15.7. The predicted octanol–water partition coefficient (Wildman–Crippen LogP) is 9.42. The van der Waals surface area contributed by atoms with Gasteiger partial charge in [-0.25, -0.2) is 37.1 Å². The van der Waals surface area contributed by atoms with Crippen molar-refractivity contribution in [2.75, 3.05) is 56.1 Å². The summed E-state index contributed by atoms with van der Waals surface area (Å²) in [7, 11) is 1.34. The summed E-state index contributed by atoms with van der Waals surface area (Å²) in [5.41, 5.74) is 29.9. The van der Waals surface area contributed by atoms with Crippen molar-refractivity contribution >= 4 is 122 Å². The molecule has 0 aliphatic carbocycles. The molecule has 16 rings (SSSR count). The fourth-order valence-electron chi connectivity index (χ4n) is 15.2. The molecule has 0 bridgehead atoms. The number of aliphatic hydroxyl groups is 4. The molecule has 7 aromatic heterocycles. The van der Waals surface area contributed by atoms with E-state index in [9.17, 15) is 77.9 Å². The van der Waals surface area contributed by atoms with Crippen LogP contribution in [0.15, 0.2) is 242 Å². The highest BCUT2D eigenvalue weighted by Gasteiger charge is 2.61. The van der Waals surface area contributed by atoms with Crippen molar-refractivity contribution in [1.29, 1.82) is 0 Å². The van der Waals surface area contributed by atoms with E-state index in [0.29, 0.717) is 32.2 Å². The number of halogens is 5. The normalized spacial score (nSPS) is 21.4. The number of aromatic nitrogens is 10. The van der Waals surface area contributed by atoms with E-state index in [4.69, 9.17) is 66.3 Å². The average Bonchev–Trinajstić information content (AvgIpc) is 1.60. The molecular formula is C88H86Cl2F3N23O22. The average molecular weight is 1950 g/mol. The summed E-state index contributed by atoms with van der Waals surface area (Å²) >= 11 is 6.00. The standard InChI is InChI=1S/C35H29ClFN7O8.C21H22FN7O6.C20H20FN7O6.C12H14N2O2.ClH/c36-24-11-6-10-23(15-24)32(46)50-19-35(42-43-38)30(51-33(47)21-7-2-1-3-8-21)29(37)31(52-35)44-14-13-28(41-34(44)48)40-26(18-49-20-45)17-25-16-22-9-4-5-12-27(22)39-25;22-17-18(32)21(10-30,27-28-23)35-19(17)29-6-5-16(26-20(29)33)25-14(9-34-11-31)8-13-7-12-3-1-2-4-15(12)24-13;21-16-17(31)20(9-29,26-27-22)34-18(16)28-6-5-14(25-19(28)32)24-15(33-10-30)8-12-7-11-3-1-2-4-13(11)23-12;1-16-12(15)10(13)7-9-6-8-4-2-3-5-11(8)14-9;/h1-16,20,26,29-31,39H,17-19H2,(H,40,41,48);1-7,11,14,17-19,24,30,32H,8-10H2,(H,25,26,33);1-7,10,15-18,23,29,31H,8-9H2,(H,24,25,32);2-6,10,14H,7,13H2,1H3;1H/t26?,29-,30?,31?,35+;14-,17-,18?,19?,21+;15-,16+,17?,18?,20-;10-;/m0010./s1. The molecule has 3 fully saturated rings. The third-order valence-electron chi connectivity index (χ3n) is 21.8. The first kappa shape index (κ1) is 101. The van der Waals surface area contributed by atoms with Crippen molar-refractivity contribution < 1.29 is 105 Å². The number of esters is 3. The van der Waals surface area contributed by atoms with Crippen molar-refractivity contribution in [2.45, 2.75) is 123 Å². The van der Waals surface area contributed by atoms with Gasteiger partial charge in [0.15, 0.2) is 49.5 Å². The maximum atomic E-state index is 16.5. The number of nitrogens with zero attached hydrogens (tertiary/aromatic N) is 15. The van der Waals surface area contributed by atoms with Gasteiger partial charge >= 0.3 is 35.0 Å². The van der Waals surface area contributed by atoms with Crippen LogP contribution in [0.4, 0.5) is 30.6 Å². The lowest BCUT2D eigenvalue weighted by molar-refractivity contribution is -0.142. The van der Waals surface area contributed by atoms with Gasteiger partial charge in [0.1, 0.15) is 55.5 Å². The SMILES string of the molecule is COC(=O)[C@@H](N)Cc1cc2ccccc2[nH]1.Cl.[N-]=[N+]=N[C@]1(CO)OC(n2ccc(N[C@@H](Cc3cc4ccccc4[nH]3)OC=O)nc2=O)[C@@H](F)C1O.[N-]=[N+]=N[C@]1(CO)OC(n2ccc(N[C@H](COC=O)Cc3cc4ccccc4[nH]3)nc2=O)[C@@H](F)C1O.[N-]=[N+]=N[C@]1(COC(=O)c2cccc(Cl)c2)OC(n2ccc(NC(COC=O)Cc3cc4ccccc4[nH]3)nc2=O)[C@@H](F)C1OC(=O)c1ccccc1. The smallest absolute Gasteiger partial charge is 0.351 e. The van der Waals surface area contributed by atoms with Gasteiger partial charge in [0.2, 0.25) is 17.2 Å². The Morgan fingerprint density at radius 1 is 0.522 bits per heavy atom. The molecule has 45 nitrogen and oxygen atoms in total. The Morgan fingerprint density at radius 3 is 1.30 bits per heavy atom. The van der Waals surface area contributed by atoms with Crippen LogP contribution in [0.1, 0.15) is 62.2 Å². The number of carbonyl (C=O) groups is 6. The number of ether oxygens (including phenoxy) is 9. The molecule has 16 atom stereocenters. The summed E-state index contributed by atoms with van der Waals surface area (Å²) in [5, 5.41) is 62.2. The van der Waals surface area contributed by atoms with Gasteiger partial charge < -0.3 is 105 Å². The number of hydrogen-bond donors (Lipinski definition) is 12. The second-order valence-corrected chi connectivity index (χ2v) is 31.3. The molecule has 138 heavy (non-hydrogen) atoms. The Bertz CT molecular complexity index is 6690. The van der Waals surface area contributed by atoms with Crippen LogP contribution in [0.25, 0.3) is 74.9 Å². The number of rotatable bonds is 36. The van der Waals surface area contributed by atoms with Crippen LogP contribution in [0.5, 0.6) is 0 Å². The number of methoxy groups -OCH3 is 1. The minimum atomic E-state index is -2.47. The first-order chi connectivity index (χ1) is 66.2. The van der Waals surface area contributed by atoms with Gasteiger partial charge in [-0.05, 0) is 135 Å². The maximum Gasteiger partial charge on any atom is 0.351 e. The number of para-hydroxylation sites is 4. The number of alkyl halides is 3. The Morgan fingerprint density at radius 2 is 0.906 bits per heavy atom. The first-order valence-electron chi connectivity index (χ1n) is 41.5. The summed E-state index contributed by atoms with van der Waals surface area (Å²) in [6.45, 7) is -2.13. The Labute approximate surface area is 786 Å². The summed E-state index contributed by atoms with van der Waals surface area (Å²) < 4.78 is 94.9. The number of H-pyrrole nitrogens is 4. The third-order valence-corrected chi connectivity index (χ3v) is 22.0. The highest BCUT2D eigenvalue weighted by Crippen LogP contribution is 2.44. The number of anilines is 3. The molecule has 7 unspecified atom stereocenters. The van der Waals surface area contributed by atoms with Crippen LogP contribution in [-0.2, 0) is 87.5 Å². The summed E-state index contributed by atoms with van der Waals surface area (Å²) in [4.78, 5) is 141. The molecule has 50 heteroatoms. The Balaban J connectivity index is 0.000000175. The highest BCUT2D eigenvalue weighted by atomic mass is 35.5. The molecular weight excluding hydrogens is 1860 g/mol. The van der Waals surface area contributed by atoms with E-state index in [2.05, 4.69) is 85.7 Å². The lowest BCUT2D eigenvalue weighted by atomic mass is 10.1. The van der Waals surface area contributed by atoms with Crippen molar-refractivity contribution in [3.63, 3.8) is 0 Å². The molecule has 10 heterocycles. The minimum absolute atomic E-state index is 0. The first-order valence-corrected chi connectivity index (χ1v) is 41.9. The zero-order chi connectivity index (χ0) is 97.5. The number of benzene rings is 6. The molecule has 6 aromatic carbocycles. The molecule has 13 aromatic rings. The van der Waals surface area contributed by atoms with Crippen molar-refractivity contribution in [1.82, 2.24) is 48.6 Å². The van der Waals surface area contributed by atoms with E-state index >= 15 is 4.39 Å². The number of azide groups is 3. The summed E-state index contributed by atoms with van der Waals surface area (Å²) in [6, 6.07) is 54.5. The largest absolute Gasteiger partial charge is 0.468 e. The maximum absolute atomic E-state index is 16.5. The molecule has 0 spiro atoms. The molecule has 13 N–H and O–H groups in total. The van der Waals surface area contributed by atoms with Crippen LogP contribution >= 0.6 is 24.0 Å². The van der Waals surface area contributed by atoms with Crippen LogP contribution in [0.2, 0.25) is 5.02 Å². The summed E-state index contributed by atoms with van der Waals surface area (Å²) in [6.07, 6.45) is -13.9. The zero-order valence-electron chi connectivity index (χ0n) is 72.2. The number of nitrogens with one attached hydrogen (secondary N) is 7. The molecule has 3 saturated heterocycles. The van der Waals surface area contributed by atoms with E-state index in [0.717, 1.165) is 86.3 Å². The second kappa shape index (κ2) is 46.5. The second-order valence-electron chi connectivity index (χ2n) is 30.8. The van der Waals surface area contributed by atoms with Crippen LogP contribution in [0, 0.1) is 0 Å². The highest BCUT2D eigenvalue weighted by molar-refractivity contribution is 6.30. The quantitative estimate of drug-likeness (QED) is 0.00331. The van der Waals surface area contributed by atoms with E-state index in [1.165, 1.54) is 74.1 Å². The number of carbonyl (C=O) groups excluding carboxylic acids is 6. The summed E-state index contributed by atoms with van der Waals surface area (Å²) in [5.74, 6) is -2.10. The van der Waals surface area contributed by atoms with Crippen molar-refractivity contribution in [3.05, 3.63) is 314 Å². The van der Waals surface area contributed by atoms with E-state index in [1.54, 1.807) is 18.2 Å². The number of aliphatic hydroxyl groups excluding tert-OH is 4. The number of nitrogens with two attached hydrogens (primary N) is 1. The fourth-order valence-corrected chi connectivity index (χ4v) is 15.4. The van der Waals surface area contributed by atoms with Gasteiger partial charge in [-0.3, -0.25) is 32.9 Å². The van der Waals surface area contributed by atoms with Gasteiger partial charge in [0.05, 0.1) is 43.5 Å². The number of aromatic amines is 4. The van der Waals surface area contributed by atoms with Gasteiger partial charge in [-0.2, -0.15) is 15.0 Å². The fraction of sp³-hybridized carbons (Fsp3) is 0.295. The zero-order valence-corrected chi connectivity index (χ0v) is 73.7. The van der Waals surface area contributed by atoms with Gasteiger partial charge in [-0.1, -0.05) is 124 Å². The Kier molecular flexibility index (Phi) is 34.1. The van der Waals surface area contributed by atoms with E-state index < -0.39 is 152 Å². The van der Waals surface area contributed by atoms with E-state index in [-0.39, 0.29) is 72.1 Å². The van der Waals surface area contributed by atoms with E-state index in [1.807, 2.05) is 121 Å². The molecule has 0 radical (unpaired) electrons. The third kappa shape index (κ3) is 24.0. The molecule has 720 valence electrons. The number of hydrogen-bond acceptors (Lipinski definition) is 32. The molecule has 0 saturated carbocycles. The van der Waals surface area contributed by atoms with Gasteiger partial charge in [-0.15, -0.1) is 12.4 Å². The molecule has 3 aliphatic heterocycles.